The van der Waals surface area contributed by atoms with E-state index in [-0.39, 0.29) is 0 Å². The molecule has 0 unspecified atom stereocenters. The zero-order chi connectivity index (χ0) is 18.5. The Balaban J connectivity index is 1.82. The minimum absolute atomic E-state index is 0.403. The Morgan fingerprint density at radius 2 is 1.92 bits per heavy atom. The van der Waals surface area contributed by atoms with E-state index in [4.69, 9.17) is 9.47 Å². The predicted molar refractivity (Wildman–Crippen MR) is 98.2 cm³/mol. The second kappa shape index (κ2) is 7.88. The number of aromatic nitrogens is 3. The minimum atomic E-state index is -0.403. The molecule has 0 amide bonds. The molecule has 0 aliphatic heterocycles. The van der Waals surface area contributed by atoms with E-state index < -0.39 is 5.97 Å². The minimum Gasteiger partial charge on any atom is -0.476 e. The number of likely N-dealkylation sites (N-methyl/N-ethyl adjacent to an activating group) is 1. The van der Waals surface area contributed by atoms with Crippen LogP contribution in [0.2, 0.25) is 0 Å². The van der Waals surface area contributed by atoms with Crippen molar-refractivity contribution in [3.05, 3.63) is 48.3 Å². The predicted octanol–water partition coefficient (Wildman–Crippen LogP) is 2.42. The first-order chi connectivity index (χ1) is 12.6. The highest BCUT2D eigenvalue weighted by Gasteiger charge is 2.09. The van der Waals surface area contributed by atoms with Crippen molar-refractivity contribution in [1.82, 2.24) is 19.9 Å². The molecule has 0 radical (unpaired) electrons. The molecule has 0 spiro atoms. The smallest absolute Gasteiger partial charge is 0.337 e. The van der Waals surface area contributed by atoms with Crippen molar-refractivity contribution in [2.75, 3.05) is 34.4 Å². The Kier molecular flexibility index (Phi) is 5.38. The van der Waals surface area contributed by atoms with Crippen molar-refractivity contribution >= 4 is 17.0 Å². The molecule has 0 aliphatic rings. The van der Waals surface area contributed by atoms with Gasteiger partial charge in [-0.05, 0) is 38.4 Å². The van der Waals surface area contributed by atoms with Crippen LogP contribution in [-0.4, -0.2) is 60.2 Å². The normalized spacial score (nSPS) is 10.9. The van der Waals surface area contributed by atoms with E-state index >= 15 is 0 Å². The lowest BCUT2D eigenvalue weighted by Gasteiger charge is -2.10. The molecule has 134 valence electrons. The zero-order valence-electron chi connectivity index (χ0n) is 15.0. The number of carbonyl (C=O) groups excluding carboxylic acids is 1. The van der Waals surface area contributed by atoms with Crippen LogP contribution < -0.4 is 4.74 Å². The van der Waals surface area contributed by atoms with Crippen molar-refractivity contribution in [3.63, 3.8) is 0 Å². The molecule has 0 aliphatic carbocycles. The summed E-state index contributed by atoms with van der Waals surface area (Å²) in [6.07, 6.45) is 3.38. The van der Waals surface area contributed by atoms with E-state index in [9.17, 15) is 4.79 Å². The summed E-state index contributed by atoms with van der Waals surface area (Å²) in [6.45, 7) is 1.40. The fourth-order valence-electron chi connectivity index (χ4n) is 2.35. The summed E-state index contributed by atoms with van der Waals surface area (Å²) in [4.78, 5) is 27.0. The molecule has 0 fully saturated rings. The molecular formula is C19H20N4O3. The maximum atomic E-state index is 11.7. The Labute approximate surface area is 151 Å². The molecule has 7 nitrogen and oxygen atoms in total. The van der Waals surface area contributed by atoms with E-state index in [0.29, 0.717) is 34.8 Å². The summed E-state index contributed by atoms with van der Waals surface area (Å²) in [5.41, 5.74) is 3.26. The van der Waals surface area contributed by atoms with Gasteiger partial charge in [-0.25, -0.2) is 14.8 Å². The van der Waals surface area contributed by atoms with Crippen LogP contribution in [0.5, 0.6) is 5.88 Å². The second-order valence-electron chi connectivity index (χ2n) is 5.99. The first kappa shape index (κ1) is 17.8. The summed E-state index contributed by atoms with van der Waals surface area (Å²) in [6, 6.07) is 8.78. The third-order valence-electron chi connectivity index (χ3n) is 3.78. The number of rotatable bonds is 6. The topological polar surface area (TPSA) is 77.4 Å². The highest BCUT2D eigenvalue weighted by Crippen LogP contribution is 2.21. The van der Waals surface area contributed by atoms with Gasteiger partial charge in [0.05, 0.1) is 35.6 Å². The van der Waals surface area contributed by atoms with E-state index in [1.54, 1.807) is 30.6 Å². The van der Waals surface area contributed by atoms with Crippen molar-refractivity contribution in [2.45, 2.75) is 0 Å². The lowest BCUT2D eigenvalue weighted by atomic mass is 10.1. The summed E-state index contributed by atoms with van der Waals surface area (Å²) in [7, 11) is 5.33. The fraction of sp³-hybridized carbons (Fsp3) is 0.263. The third kappa shape index (κ3) is 4.12. The Morgan fingerprint density at radius 1 is 1.08 bits per heavy atom. The lowest BCUT2D eigenvalue weighted by molar-refractivity contribution is 0.0601. The molecule has 1 aromatic carbocycles. The van der Waals surface area contributed by atoms with Gasteiger partial charge in [0, 0.05) is 24.4 Å². The molecular weight excluding hydrogens is 332 g/mol. The van der Waals surface area contributed by atoms with Gasteiger partial charge in [-0.2, -0.15) is 0 Å². The van der Waals surface area contributed by atoms with Crippen LogP contribution in [0.15, 0.2) is 42.7 Å². The van der Waals surface area contributed by atoms with Gasteiger partial charge in [0.1, 0.15) is 6.61 Å². The average molecular weight is 352 g/mol. The Bertz CT molecular complexity index is 910. The van der Waals surface area contributed by atoms with Gasteiger partial charge in [-0.3, -0.25) is 4.98 Å². The largest absolute Gasteiger partial charge is 0.476 e. The van der Waals surface area contributed by atoms with Gasteiger partial charge in [-0.15, -0.1) is 0 Å². The molecule has 0 bridgehead atoms. The first-order valence-corrected chi connectivity index (χ1v) is 8.16. The number of hydrogen-bond donors (Lipinski definition) is 0. The zero-order valence-corrected chi connectivity index (χ0v) is 15.0. The number of fused-ring (bicyclic) bond motifs is 1. The van der Waals surface area contributed by atoms with Crippen molar-refractivity contribution in [1.29, 1.82) is 0 Å². The van der Waals surface area contributed by atoms with E-state index in [2.05, 4.69) is 15.0 Å². The van der Waals surface area contributed by atoms with Gasteiger partial charge >= 0.3 is 5.97 Å². The van der Waals surface area contributed by atoms with Crippen LogP contribution >= 0.6 is 0 Å². The van der Waals surface area contributed by atoms with E-state index in [0.717, 1.165) is 12.1 Å². The number of benzene rings is 1. The third-order valence-corrected chi connectivity index (χ3v) is 3.78. The molecule has 7 heteroatoms. The maximum Gasteiger partial charge on any atom is 0.337 e. The number of nitrogens with zero attached hydrogens (tertiary/aromatic N) is 4. The Hall–Kier alpha value is -3.06. The number of ether oxygens (including phenoxy) is 2. The highest BCUT2D eigenvalue weighted by molar-refractivity contribution is 5.93. The number of esters is 1. The van der Waals surface area contributed by atoms with Gasteiger partial charge < -0.3 is 14.4 Å². The second-order valence-corrected chi connectivity index (χ2v) is 5.99. The van der Waals surface area contributed by atoms with Crippen LogP contribution in [0.3, 0.4) is 0 Å². The van der Waals surface area contributed by atoms with Gasteiger partial charge in [0.15, 0.2) is 0 Å². The number of carbonyl (C=O) groups is 1. The van der Waals surface area contributed by atoms with Crippen LogP contribution in [0.4, 0.5) is 0 Å². The summed E-state index contributed by atoms with van der Waals surface area (Å²) < 4.78 is 10.3. The summed E-state index contributed by atoms with van der Waals surface area (Å²) >= 11 is 0. The summed E-state index contributed by atoms with van der Waals surface area (Å²) in [5.74, 6) is 0.164. The lowest BCUT2D eigenvalue weighted by Crippen LogP contribution is -2.19. The average Bonchev–Trinajstić information content (AvgIpc) is 2.66. The quantitative estimate of drug-likeness (QED) is 0.631. The highest BCUT2D eigenvalue weighted by atomic mass is 16.5. The molecule has 26 heavy (non-hydrogen) atoms. The summed E-state index contributed by atoms with van der Waals surface area (Å²) in [5, 5.41) is 0. The van der Waals surface area contributed by atoms with Gasteiger partial charge in [0.25, 0.3) is 0 Å². The standard InChI is InChI=1S/C19H20N4O3/c1-23(2)8-9-26-18-7-5-14(11-21-18)17-12-20-15-6-4-13(19(24)25-3)10-16(15)22-17/h4-7,10-12H,8-9H2,1-3H3. The van der Waals surface area contributed by atoms with Crippen LogP contribution in [0, 0.1) is 0 Å². The van der Waals surface area contributed by atoms with Gasteiger partial charge in [-0.1, -0.05) is 0 Å². The molecule has 0 atom stereocenters. The molecule has 3 aromatic rings. The molecule has 0 saturated carbocycles. The molecule has 3 rings (SSSR count). The van der Waals surface area contributed by atoms with Crippen molar-refractivity contribution in [2.24, 2.45) is 0 Å². The van der Waals surface area contributed by atoms with Crippen LogP contribution in [0.25, 0.3) is 22.3 Å². The molecule has 2 aromatic heterocycles. The number of pyridine rings is 1. The monoisotopic (exact) mass is 352 g/mol. The molecule has 0 saturated heterocycles. The first-order valence-electron chi connectivity index (χ1n) is 8.16. The van der Waals surface area contributed by atoms with Gasteiger partial charge in [0.2, 0.25) is 5.88 Å². The van der Waals surface area contributed by atoms with E-state index in [1.165, 1.54) is 7.11 Å². The van der Waals surface area contributed by atoms with E-state index in [1.807, 2.05) is 31.1 Å². The fourth-order valence-corrected chi connectivity index (χ4v) is 2.35. The number of hydrogen-bond acceptors (Lipinski definition) is 7. The number of methoxy groups -OCH3 is 1. The van der Waals surface area contributed by atoms with Crippen molar-refractivity contribution in [3.8, 4) is 17.1 Å². The maximum absolute atomic E-state index is 11.7. The molecule has 2 heterocycles. The van der Waals surface area contributed by atoms with Crippen LogP contribution in [0.1, 0.15) is 10.4 Å². The molecule has 0 N–H and O–H groups in total. The van der Waals surface area contributed by atoms with Crippen molar-refractivity contribution < 1.29 is 14.3 Å². The SMILES string of the molecule is COC(=O)c1ccc2ncc(-c3ccc(OCCN(C)C)nc3)nc2c1. The van der Waals surface area contributed by atoms with Crippen LogP contribution in [-0.2, 0) is 4.74 Å². The Morgan fingerprint density at radius 3 is 2.62 bits per heavy atom.